The number of rotatable bonds is 6. The Morgan fingerprint density at radius 1 is 1.05 bits per heavy atom. The molecule has 0 saturated heterocycles. The molecule has 1 aliphatic heterocycles. The van der Waals surface area contributed by atoms with Gasteiger partial charge in [-0.1, -0.05) is 11.6 Å². The Hall–Kier alpha value is -4.00. The van der Waals surface area contributed by atoms with E-state index in [1.165, 1.54) is 6.07 Å². The molecule has 0 spiro atoms. The first-order valence-corrected chi connectivity index (χ1v) is 11.0. The maximum Gasteiger partial charge on any atom is 0.416 e. The molecule has 1 aliphatic rings. The Bertz CT molecular complexity index is 1450. The first-order valence-electron chi connectivity index (χ1n) is 10.6. The molecule has 0 bridgehead atoms. The van der Waals surface area contributed by atoms with Gasteiger partial charge in [0.25, 0.3) is 18.2 Å². The van der Waals surface area contributed by atoms with E-state index in [0.717, 1.165) is 18.2 Å². The van der Waals surface area contributed by atoms with Crippen molar-refractivity contribution in [1.82, 2.24) is 5.32 Å². The van der Waals surface area contributed by atoms with Crippen molar-refractivity contribution in [2.75, 3.05) is 17.2 Å². The minimum atomic E-state index is -4.97. The van der Waals surface area contributed by atoms with Crippen molar-refractivity contribution in [2.45, 2.75) is 18.6 Å². The number of phenolic OH excluding ortho intramolecular Hbond substituents is 1. The number of nitrogens with one attached hydrogen (secondary N) is 3. The van der Waals surface area contributed by atoms with Gasteiger partial charge >= 0.3 is 6.18 Å². The molecule has 200 valence electrons. The average molecular weight is 562 g/mol. The summed E-state index contributed by atoms with van der Waals surface area (Å²) in [6, 6.07) is 3.97. The molecule has 6 nitrogen and oxygen atoms in total. The van der Waals surface area contributed by atoms with Crippen LogP contribution in [0.2, 0.25) is 5.02 Å². The third-order valence-electron chi connectivity index (χ3n) is 5.58. The molecule has 4 N–H and O–H groups in total. The van der Waals surface area contributed by atoms with Gasteiger partial charge in [0.1, 0.15) is 11.6 Å². The third kappa shape index (κ3) is 5.32. The van der Waals surface area contributed by atoms with Crippen LogP contribution < -0.4 is 16.0 Å². The molecule has 2 amide bonds. The van der Waals surface area contributed by atoms with E-state index in [4.69, 9.17) is 11.6 Å². The molecule has 4 rings (SSSR count). The van der Waals surface area contributed by atoms with E-state index in [9.17, 15) is 45.4 Å². The number of hydrogen-bond acceptors (Lipinski definition) is 4. The van der Waals surface area contributed by atoms with Crippen molar-refractivity contribution in [1.29, 1.82) is 0 Å². The van der Waals surface area contributed by atoms with E-state index in [0.29, 0.717) is 12.1 Å². The number of fused-ring (bicyclic) bond motifs is 1. The fraction of sp³-hybridized carbons (Fsp3) is 0.167. The van der Waals surface area contributed by atoms with Gasteiger partial charge in [0.2, 0.25) is 0 Å². The first-order chi connectivity index (χ1) is 17.8. The molecule has 1 unspecified atom stereocenters. The summed E-state index contributed by atoms with van der Waals surface area (Å²) in [4.78, 5) is 25.7. The summed E-state index contributed by atoms with van der Waals surface area (Å²) in [5.74, 6) is -5.09. The zero-order valence-corrected chi connectivity index (χ0v) is 19.4. The van der Waals surface area contributed by atoms with Crippen LogP contribution in [0.4, 0.5) is 42.1 Å². The van der Waals surface area contributed by atoms with Crippen LogP contribution in [0.1, 0.15) is 43.4 Å². The number of carbonyl (C=O) groups is 2. The summed E-state index contributed by atoms with van der Waals surface area (Å²) in [6.45, 7) is -0.973. The Kier molecular flexibility index (Phi) is 7.15. The number of anilines is 2. The zero-order chi connectivity index (χ0) is 27.9. The molecule has 0 aromatic heterocycles. The highest BCUT2D eigenvalue weighted by Crippen LogP contribution is 2.46. The van der Waals surface area contributed by atoms with Crippen LogP contribution in [0, 0.1) is 11.6 Å². The van der Waals surface area contributed by atoms with Gasteiger partial charge in [0.15, 0.2) is 5.75 Å². The predicted octanol–water partition coefficient (Wildman–Crippen LogP) is 6.10. The number of aromatic hydroxyl groups is 1. The second-order valence-corrected chi connectivity index (χ2v) is 8.54. The number of alkyl halides is 5. The zero-order valence-electron chi connectivity index (χ0n) is 18.7. The van der Waals surface area contributed by atoms with Crippen molar-refractivity contribution in [2.24, 2.45) is 0 Å². The Labute approximate surface area is 214 Å². The van der Waals surface area contributed by atoms with Crippen LogP contribution in [0.15, 0.2) is 42.5 Å². The summed E-state index contributed by atoms with van der Waals surface area (Å²) in [6.07, 6.45) is -7.86. The summed E-state index contributed by atoms with van der Waals surface area (Å²) in [5.41, 5.74) is -3.62. The van der Waals surface area contributed by atoms with Gasteiger partial charge in [-0.25, -0.2) is 17.6 Å². The van der Waals surface area contributed by atoms with Crippen LogP contribution in [-0.2, 0) is 6.18 Å². The predicted molar refractivity (Wildman–Crippen MR) is 123 cm³/mol. The van der Waals surface area contributed by atoms with Gasteiger partial charge in [-0.05, 0) is 42.5 Å². The molecule has 0 aliphatic carbocycles. The smallest absolute Gasteiger partial charge is 0.416 e. The fourth-order valence-electron chi connectivity index (χ4n) is 3.97. The van der Waals surface area contributed by atoms with Crippen LogP contribution in [0.3, 0.4) is 0 Å². The Morgan fingerprint density at radius 3 is 2.42 bits per heavy atom. The molecule has 38 heavy (non-hydrogen) atoms. The largest absolute Gasteiger partial charge is 0.505 e. The lowest BCUT2D eigenvalue weighted by Gasteiger charge is -2.20. The van der Waals surface area contributed by atoms with Crippen molar-refractivity contribution < 1.29 is 45.4 Å². The minimum absolute atomic E-state index is 0.00734. The van der Waals surface area contributed by atoms with Crippen LogP contribution >= 0.6 is 11.6 Å². The lowest BCUT2D eigenvalue weighted by atomic mass is 9.94. The Morgan fingerprint density at radius 2 is 1.76 bits per heavy atom. The van der Waals surface area contributed by atoms with E-state index >= 15 is 0 Å². The molecule has 1 atom stereocenters. The number of carbonyl (C=O) groups excluding carboxylic acids is 2. The van der Waals surface area contributed by atoms with Crippen LogP contribution in [0.25, 0.3) is 0 Å². The lowest BCUT2D eigenvalue weighted by Crippen LogP contribution is -2.21. The molecule has 0 saturated carbocycles. The monoisotopic (exact) mass is 561 g/mol. The molecule has 0 fully saturated rings. The summed E-state index contributed by atoms with van der Waals surface area (Å²) in [7, 11) is 0. The van der Waals surface area contributed by atoms with Crippen LogP contribution in [-0.4, -0.2) is 29.9 Å². The molecule has 1 heterocycles. The minimum Gasteiger partial charge on any atom is -0.505 e. The van der Waals surface area contributed by atoms with Crippen molar-refractivity contribution >= 4 is 34.8 Å². The number of phenols is 1. The van der Waals surface area contributed by atoms with Gasteiger partial charge in [-0.3, -0.25) is 9.59 Å². The van der Waals surface area contributed by atoms with Gasteiger partial charge in [0, 0.05) is 27.4 Å². The number of halogens is 8. The molecule has 3 aromatic rings. The van der Waals surface area contributed by atoms with Gasteiger partial charge in [-0.2, -0.15) is 13.2 Å². The normalized spacial score (nSPS) is 14.9. The summed E-state index contributed by atoms with van der Waals surface area (Å²) in [5, 5.41) is 17.5. The van der Waals surface area contributed by atoms with Gasteiger partial charge in [0.05, 0.1) is 29.4 Å². The van der Waals surface area contributed by atoms with Gasteiger partial charge in [-0.15, -0.1) is 0 Å². The average Bonchev–Trinajstić information content (AvgIpc) is 3.18. The van der Waals surface area contributed by atoms with E-state index in [2.05, 4.69) is 16.0 Å². The number of hydrogen-bond donors (Lipinski definition) is 4. The first kappa shape index (κ1) is 27.0. The maximum absolute atomic E-state index is 14.0. The van der Waals surface area contributed by atoms with E-state index in [-0.39, 0.29) is 27.9 Å². The van der Waals surface area contributed by atoms with Gasteiger partial charge < -0.3 is 21.1 Å². The highest BCUT2D eigenvalue weighted by Gasteiger charge is 2.38. The number of benzene rings is 3. The third-order valence-corrected chi connectivity index (χ3v) is 5.93. The molecule has 14 heteroatoms. The second-order valence-electron chi connectivity index (χ2n) is 8.13. The quantitative estimate of drug-likeness (QED) is 0.166. The summed E-state index contributed by atoms with van der Waals surface area (Å²) >= 11 is 6.17. The van der Waals surface area contributed by atoms with Crippen molar-refractivity contribution in [3.63, 3.8) is 0 Å². The summed E-state index contributed by atoms with van der Waals surface area (Å²) < 4.78 is 92.9. The van der Waals surface area contributed by atoms with Crippen LogP contribution in [0.5, 0.6) is 5.75 Å². The standard InChI is InChI=1S/C24H15ClF7N3O3/c25-14-2-1-11(26)6-13(14)20-18-15(7-16(33-8-17(28)29)21(36)19(18)23(38)35-20)34-22(37)9-3-10(24(30,31)32)5-12(27)4-9/h1-7,17,20,33,36H,8H2,(H,34,37)(H,35,38). The molecular weight excluding hydrogens is 547 g/mol. The molecule has 3 aromatic carbocycles. The van der Waals surface area contributed by atoms with E-state index < -0.39 is 76.8 Å². The Balaban J connectivity index is 1.86. The molecule has 0 radical (unpaired) electrons. The second kappa shape index (κ2) is 10.0. The lowest BCUT2D eigenvalue weighted by molar-refractivity contribution is -0.137. The number of amides is 2. The van der Waals surface area contributed by atoms with Crippen molar-refractivity contribution in [3.05, 3.63) is 86.9 Å². The topological polar surface area (TPSA) is 90.5 Å². The SMILES string of the molecule is O=C(Nc1cc(NCC(F)F)c(O)c2c1C(c1cc(F)ccc1Cl)NC2=O)c1cc(F)cc(C(F)(F)F)c1. The fourth-order valence-corrected chi connectivity index (χ4v) is 4.19. The highest BCUT2D eigenvalue weighted by molar-refractivity contribution is 6.31. The highest BCUT2D eigenvalue weighted by atomic mass is 35.5. The molecular formula is C24H15ClF7N3O3. The van der Waals surface area contributed by atoms with E-state index in [1.54, 1.807) is 0 Å². The van der Waals surface area contributed by atoms with Crippen molar-refractivity contribution in [3.8, 4) is 5.75 Å². The van der Waals surface area contributed by atoms with E-state index in [1.807, 2.05) is 0 Å². The maximum atomic E-state index is 14.0.